The highest BCUT2D eigenvalue weighted by atomic mass is 32.1. The third-order valence-electron chi connectivity index (χ3n) is 5.28. The Labute approximate surface area is 185 Å². The van der Waals surface area contributed by atoms with Crippen LogP contribution in [0, 0.1) is 0 Å². The lowest BCUT2D eigenvalue weighted by atomic mass is 10.1. The van der Waals surface area contributed by atoms with Crippen LogP contribution < -0.4 is 10.3 Å². The molecule has 3 heterocycles. The number of para-hydroxylation sites is 1. The molecule has 0 bridgehead atoms. The summed E-state index contributed by atoms with van der Waals surface area (Å²) in [7, 11) is 0. The number of aromatic amines is 1. The van der Waals surface area contributed by atoms with Crippen LogP contribution in [0.4, 0.5) is 0 Å². The molecule has 6 nitrogen and oxygen atoms in total. The van der Waals surface area contributed by atoms with Crippen molar-refractivity contribution in [3.05, 3.63) is 64.4 Å². The van der Waals surface area contributed by atoms with Crippen molar-refractivity contribution in [3.63, 3.8) is 0 Å². The maximum absolute atomic E-state index is 12.5. The van der Waals surface area contributed by atoms with E-state index in [1.807, 2.05) is 47.8 Å². The number of rotatable bonds is 9. The molecule has 0 saturated heterocycles. The highest BCUT2D eigenvalue weighted by Crippen LogP contribution is 2.29. The minimum atomic E-state index is -0.137. The van der Waals surface area contributed by atoms with Gasteiger partial charge >= 0.3 is 0 Å². The summed E-state index contributed by atoms with van der Waals surface area (Å²) in [5.74, 6) is 0.595. The van der Waals surface area contributed by atoms with E-state index in [1.54, 1.807) is 6.20 Å². The summed E-state index contributed by atoms with van der Waals surface area (Å²) in [6.07, 6.45) is 2.69. The van der Waals surface area contributed by atoms with Gasteiger partial charge in [0.15, 0.2) is 0 Å². The average molecular weight is 435 g/mol. The second-order valence-electron chi connectivity index (χ2n) is 7.25. The number of fused-ring (bicyclic) bond motifs is 1. The summed E-state index contributed by atoms with van der Waals surface area (Å²) in [6.45, 7) is 8.09. The van der Waals surface area contributed by atoms with Crippen LogP contribution in [-0.4, -0.2) is 46.1 Å². The lowest BCUT2D eigenvalue weighted by molar-refractivity contribution is 0.244. The van der Waals surface area contributed by atoms with Gasteiger partial charge in [-0.2, -0.15) is 0 Å². The lowest BCUT2D eigenvalue weighted by Crippen LogP contribution is -2.25. The Hall–Kier alpha value is -3.03. The number of nitrogens with zero attached hydrogens (tertiary/aromatic N) is 3. The molecule has 0 aliphatic rings. The van der Waals surface area contributed by atoms with Gasteiger partial charge in [0, 0.05) is 35.3 Å². The number of thiazole rings is 1. The summed E-state index contributed by atoms with van der Waals surface area (Å²) in [5.41, 5.74) is 2.86. The van der Waals surface area contributed by atoms with E-state index in [4.69, 9.17) is 9.72 Å². The molecule has 31 heavy (non-hydrogen) atoms. The first-order valence-corrected chi connectivity index (χ1v) is 11.5. The van der Waals surface area contributed by atoms with E-state index >= 15 is 0 Å². The van der Waals surface area contributed by atoms with E-state index in [9.17, 15) is 4.79 Å². The summed E-state index contributed by atoms with van der Waals surface area (Å²) in [4.78, 5) is 26.9. The van der Waals surface area contributed by atoms with Gasteiger partial charge in [0.1, 0.15) is 5.01 Å². The molecule has 0 aliphatic heterocycles. The minimum absolute atomic E-state index is 0.137. The number of nitrogens with one attached hydrogen (secondary N) is 1. The Balaban J connectivity index is 1.49. The van der Waals surface area contributed by atoms with Gasteiger partial charge in [-0.25, -0.2) is 9.97 Å². The van der Waals surface area contributed by atoms with Crippen molar-refractivity contribution in [2.24, 2.45) is 0 Å². The van der Waals surface area contributed by atoms with Crippen LogP contribution in [0.5, 0.6) is 5.88 Å². The van der Waals surface area contributed by atoms with Gasteiger partial charge in [0.2, 0.25) is 5.88 Å². The zero-order chi connectivity index (χ0) is 21.6. The second kappa shape index (κ2) is 9.85. The van der Waals surface area contributed by atoms with Crippen LogP contribution in [0.25, 0.3) is 32.7 Å². The molecule has 0 radical (unpaired) electrons. The first-order valence-electron chi connectivity index (χ1n) is 10.6. The maximum atomic E-state index is 12.5. The molecule has 0 saturated carbocycles. The van der Waals surface area contributed by atoms with Crippen LogP contribution in [-0.2, 0) is 0 Å². The van der Waals surface area contributed by atoms with Crippen LogP contribution in [0.3, 0.4) is 0 Å². The quantitative estimate of drug-likeness (QED) is 0.382. The van der Waals surface area contributed by atoms with Crippen molar-refractivity contribution in [3.8, 4) is 27.7 Å². The van der Waals surface area contributed by atoms with Gasteiger partial charge in [0.05, 0.1) is 17.9 Å². The van der Waals surface area contributed by atoms with Gasteiger partial charge < -0.3 is 14.6 Å². The van der Waals surface area contributed by atoms with Crippen LogP contribution in [0.15, 0.2) is 58.8 Å². The van der Waals surface area contributed by atoms with Gasteiger partial charge in [-0.3, -0.25) is 4.79 Å². The predicted molar refractivity (Wildman–Crippen MR) is 127 cm³/mol. The molecule has 1 N–H and O–H groups in total. The van der Waals surface area contributed by atoms with Crippen molar-refractivity contribution < 1.29 is 4.74 Å². The third kappa shape index (κ3) is 5.00. The van der Waals surface area contributed by atoms with E-state index in [0.717, 1.165) is 47.5 Å². The Kier molecular flexibility index (Phi) is 6.74. The zero-order valence-corrected chi connectivity index (χ0v) is 18.6. The molecule has 0 atom stereocenters. The molecule has 0 spiro atoms. The summed E-state index contributed by atoms with van der Waals surface area (Å²) < 4.78 is 5.85. The number of H-pyrrole nitrogens is 1. The highest BCUT2D eigenvalue weighted by molar-refractivity contribution is 7.13. The number of ether oxygens (including phenoxy) is 1. The fourth-order valence-corrected chi connectivity index (χ4v) is 4.31. The zero-order valence-electron chi connectivity index (χ0n) is 17.8. The highest BCUT2D eigenvalue weighted by Gasteiger charge is 2.12. The molecule has 0 unspecified atom stereocenters. The van der Waals surface area contributed by atoms with Crippen LogP contribution in [0.2, 0.25) is 0 Å². The SMILES string of the molecule is CCN(CC)CCCOc1cc(-c2nc(-c3cc4ccccc4[nH]c3=O)cs2)ccn1. The first-order chi connectivity index (χ1) is 15.2. The monoisotopic (exact) mass is 434 g/mol. The molecular weight excluding hydrogens is 408 g/mol. The predicted octanol–water partition coefficient (Wildman–Crippen LogP) is 4.82. The smallest absolute Gasteiger partial charge is 0.257 e. The normalized spacial score (nSPS) is 11.3. The van der Waals surface area contributed by atoms with Gasteiger partial charge in [-0.05, 0) is 43.1 Å². The Bertz CT molecular complexity index is 1210. The topological polar surface area (TPSA) is 71.1 Å². The van der Waals surface area contributed by atoms with Gasteiger partial charge in [0.25, 0.3) is 5.56 Å². The molecular formula is C24H26N4O2S. The molecule has 1 aromatic carbocycles. The fraction of sp³-hybridized carbons (Fsp3) is 0.292. The molecule has 4 aromatic rings. The number of hydrogen-bond donors (Lipinski definition) is 1. The van der Waals surface area contributed by atoms with E-state index < -0.39 is 0 Å². The largest absolute Gasteiger partial charge is 0.478 e. The van der Waals surface area contributed by atoms with Crippen molar-refractivity contribution in [1.29, 1.82) is 0 Å². The van der Waals surface area contributed by atoms with Crippen molar-refractivity contribution in [2.75, 3.05) is 26.2 Å². The van der Waals surface area contributed by atoms with E-state index in [1.165, 1.54) is 11.3 Å². The molecule has 3 aromatic heterocycles. The van der Waals surface area contributed by atoms with Crippen molar-refractivity contribution in [2.45, 2.75) is 20.3 Å². The number of hydrogen-bond acceptors (Lipinski definition) is 6. The maximum Gasteiger partial charge on any atom is 0.257 e. The van der Waals surface area contributed by atoms with E-state index in [-0.39, 0.29) is 5.56 Å². The van der Waals surface area contributed by atoms with E-state index in [2.05, 4.69) is 28.7 Å². The molecule has 0 amide bonds. The fourth-order valence-electron chi connectivity index (χ4n) is 3.49. The summed E-state index contributed by atoms with van der Waals surface area (Å²) in [5, 5.41) is 3.73. The first kappa shape index (κ1) is 21.2. The number of aromatic nitrogens is 3. The molecule has 4 rings (SSSR count). The Morgan fingerprint density at radius 1 is 1.13 bits per heavy atom. The second-order valence-corrected chi connectivity index (χ2v) is 8.11. The van der Waals surface area contributed by atoms with Crippen LogP contribution >= 0.6 is 11.3 Å². The molecule has 160 valence electrons. The molecule has 0 aliphatic carbocycles. The Morgan fingerprint density at radius 2 is 1.97 bits per heavy atom. The van der Waals surface area contributed by atoms with Gasteiger partial charge in [-0.15, -0.1) is 11.3 Å². The average Bonchev–Trinajstić information content (AvgIpc) is 3.29. The number of pyridine rings is 2. The molecule has 0 fully saturated rings. The Morgan fingerprint density at radius 3 is 2.81 bits per heavy atom. The van der Waals surface area contributed by atoms with E-state index in [0.29, 0.717) is 23.7 Å². The molecule has 7 heteroatoms. The third-order valence-corrected chi connectivity index (χ3v) is 6.17. The standard InChI is InChI=1S/C24H26N4O2S/c1-3-28(4-2)12-7-13-30-22-15-18(10-11-25-22)24-27-21(16-31-24)19-14-17-8-5-6-9-20(17)26-23(19)29/h5-6,8-11,14-16H,3-4,7,12-13H2,1-2H3,(H,26,29). The summed E-state index contributed by atoms with van der Waals surface area (Å²) in [6, 6.07) is 13.5. The number of benzene rings is 1. The van der Waals surface area contributed by atoms with Crippen molar-refractivity contribution >= 4 is 22.2 Å². The van der Waals surface area contributed by atoms with Crippen molar-refractivity contribution in [1.82, 2.24) is 19.9 Å². The van der Waals surface area contributed by atoms with Crippen LogP contribution in [0.1, 0.15) is 20.3 Å². The van der Waals surface area contributed by atoms with Gasteiger partial charge in [-0.1, -0.05) is 32.0 Å². The summed E-state index contributed by atoms with van der Waals surface area (Å²) >= 11 is 1.50. The minimum Gasteiger partial charge on any atom is -0.478 e. The lowest BCUT2D eigenvalue weighted by Gasteiger charge is -2.17.